The number of hydrogen-bond donors (Lipinski definition) is 1. The van der Waals surface area contributed by atoms with Crippen LogP contribution in [0.5, 0.6) is 0 Å². The van der Waals surface area contributed by atoms with Crippen molar-refractivity contribution in [2.45, 2.75) is 52.0 Å². The van der Waals surface area contributed by atoms with Crippen LogP contribution < -0.4 is 5.32 Å². The monoisotopic (exact) mass is 325 g/mol. The maximum absolute atomic E-state index is 12.4. The number of carbonyl (C=O) groups excluding carboxylic acids is 2. The smallest absolute Gasteiger partial charge is 0.278 e. The summed E-state index contributed by atoms with van der Waals surface area (Å²) in [5.41, 5.74) is 3.91. The van der Waals surface area contributed by atoms with Gasteiger partial charge in [-0.05, 0) is 44.6 Å². The topological polar surface area (TPSA) is 89.8 Å². The summed E-state index contributed by atoms with van der Waals surface area (Å²) in [6, 6.07) is 1.56. The molecule has 0 unspecified atom stereocenters. The van der Waals surface area contributed by atoms with Gasteiger partial charge in [0.1, 0.15) is 5.69 Å². The Labute approximate surface area is 139 Å². The quantitative estimate of drug-likeness (QED) is 0.913. The molecule has 0 aromatic carbocycles. The molecule has 0 spiro atoms. The van der Waals surface area contributed by atoms with Gasteiger partial charge in [-0.25, -0.2) is 9.97 Å². The highest BCUT2D eigenvalue weighted by Gasteiger charge is 2.23. The third kappa shape index (κ3) is 2.60. The molecule has 0 bridgehead atoms. The summed E-state index contributed by atoms with van der Waals surface area (Å²) in [6.45, 7) is 2.62. The Bertz CT molecular complexity index is 840. The summed E-state index contributed by atoms with van der Waals surface area (Å²) in [7, 11) is 0. The minimum Gasteiger partial charge on any atom is -0.292 e. The highest BCUT2D eigenvalue weighted by Crippen LogP contribution is 2.23. The molecule has 2 aromatic heterocycles. The number of nitrogens with zero attached hydrogens (tertiary/aromatic N) is 4. The van der Waals surface area contributed by atoms with Gasteiger partial charge in [-0.15, -0.1) is 0 Å². The third-order valence-corrected chi connectivity index (χ3v) is 4.69. The van der Waals surface area contributed by atoms with Crippen molar-refractivity contribution in [2.24, 2.45) is 0 Å². The molecular formula is C17H19N5O2. The first kappa shape index (κ1) is 15.0. The highest BCUT2D eigenvalue weighted by atomic mass is 16.2. The summed E-state index contributed by atoms with van der Waals surface area (Å²) in [4.78, 5) is 33.2. The Morgan fingerprint density at radius 2 is 2.00 bits per heavy atom. The van der Waals surface area contributed by atoms with E-state index < -0.39 is 0 Å². The zero-order chi connectivity index (χ0) is 16.7. The third-order valence-electron chi connectivity index (χ3n) is 4.69. The van der Waals surface area contributed by atoms with Gasteiger partial charge < -0.3 is 0 Å². The van der Waals surface area contributed by atoms with Crippen LogP contribution in [-0.4, -0.2) is 31.4 Å². The van der Waals surface area contributed by atoms with E-state index in [2.05, 4.69) is 20.4 Å². The summed E-state index contributed by atoms with van der Waals surface area (Å²) in [6.07, 6.45) is 5.49. The van der Waals surface area contributed by atoms with Crippen molar-refractivity contribution in [1.82, 2.24) is 19.7 Å². The Morgan fingerprint density at radius 3 is 2.83 bits per heavy atom. The van der Waals surface area contributed by atoms with Crippen LogP contribution in [0, 0.1) is 6.92 Å². The van der Waals surface area contributed by atoms with Crippen LogP contribution in [0.2, 0.25) is 0 Å². The number of nitrogens with one attached hydrogen (secondary N) is 1. The first-order valence-electron chi connectivity index (χ1n) is 8.40. The van der Waals surface area contributed by atoms with E-state index in [9.17, 15) is 9.59 Å². The second kappa shape index (κ2) is 5.81. The standard InChI is InChI=1S/C17H19N5O2/c1-10-11-5-2-3-6-12(11)19-17(18-10)20-16(24)13-9-14-15(23)7-4-8-22(14)21-13/h9H,2-8H2,1H3,(H,18,19,20,24). The maximum atomic E-state index is 12.4. The van der Waals surface area contributed by atoms with Crippen LogP contribution in [0.1, 0.15) is 63.6 Å². The zero-order valence-electron chi connectivity index (χ0n) is 13.6. The van der Waals surface area contributed by atoms with E-state index in [4.69, 9.17) is 0 Å². The first-order chi connectivity index (χ1) is 11.6. The molecule has 1 aliphatic carbocycles. The number of aryl methyl sites for hydroxylation is 3. The van der Waals surface area contributed by atoms with Crippen molar-refractivity contribution in [3.05, 3.63) is 34.4 Å². The molecule has 1 N–H and O–H groups in total. The number of Topliss-reactive ketones (excluding diaryl/α,β-unsaturated/α-hetero) is 1. The van der Waals surface area contributed by atoms with E-state index in [0.717, 1.165) is 43.5 Å². The molecule has 1 amide bonds. The molecule has 7 nitrogen and oxygen atoms in total. The minimum atomic E-state index is -0.375. The molecule has 0 saturated carbocycles. The molecule has 0 radical (unpaired) electrons. The SMILES string of the molecule is Cc1nc(NC(=O)c2cc3n(n2)CCCC3=O)nc2c1CCCC2. The lowest BCUT2D eigenvalue weighted by atomic mass is 9.95. The van der Waals surface area contributed by atoms with Crippen molar-refractivity contribution >= 4 is 17.6 Å². The molecule has 3 heterocycles. The first-order valence-corrected chi connectivity index (χ1v) is 8.40. The van der Waals surface area contributed by atoms with Gasteiger partial charge in [-0.3, -0.25) is 19.6 Å². The Kier molecular flexibility index (Phi) is 3.63. The van der Waals surface area contributed by atoms with Gasteiger partial charge in [-0.1, -0.05) is 0 Å². The second-order valence-corrected chi connectivity index (χ2v) is 6.38. The van der Waals surface area contributed by atoms with Crippen LogP contribution in [0.15, 0.2) is 6.07 Å². The van der Waals surface area contributed by atoms with Gasteiger partial charge in [0, 0.05) is 30.4 Å². The van der Waals surface area contributed by atoms with Crippen molar-refractivity contribution < 1.29 is 9.59 Å². The average molecular weight is 325 g/mol. The lowest BCUT2D eigenvalue weighted by Crippen LogP contribution is -2.19. The summed E-state index contributed by atoms with van der Waals surface area (Å²) in [5.74, 6) is -0.0241. The van der Waals surface area contributed by atoms with E-state index in [-0.39, 0.29) is 17.4 Å². The van der Waals surface area contributed by atoms with Gasteiger partial charge in [0.15, 0.2) is 11.5 Å². The number of ketones is 1. The van der Waals surface area contributed by atoms with Crippen molar-refractivity contribution in [3.63, 3.8) is 0 Å². The van der Waals surface area contributed by atoms with Crippen molar-refractivity contribution in [2.75, 3.05) is 5.32 Å². The lowest BCUT2D eigenvalue weighted by Gasteiger charge is -2.17. The average Bonchev–Trinajstić information content (AvgIpc) is 3.01. The van der Waals surface area contributed by atoms with E-state index >= 15 is 0 Å². The van der Waals surface area contributed by atoms with Gasteiger partial charge in [0.05, 0.1) is 0 Å². The van der Waals surface area contributed by atoms with Crippen molar-refractivity contribution in [3.8, 4) is 0 Å². The predicted molar refractivity (Wildman–Crippen MR) is 87.2 cm³/mol. The Balaban J connectivity index is 1.58. The Hall–Kier alpha value is -2.57. The van der Waals surface area contributed by atoms with Crippen molar-refractivity contribution in [1.29, 1.82) is 0 Å². The zero-order valence-corrected chi connectivity index (χ0v) is 13.6. The van der Waals surface area contributed by atoms with Crippen LogP contribution in [0.25, 0.3) is 0 Å². The van der Waals surface area contributed by atoms with Crippen LogP contribution in [0.3, 0.4) is 0 Å². The number of fused-ring (bicyclic) bond motifs is 2. The molecule has 0 saturated heterocycles. The molecule has 0 atom stereocenters. The van der Waals surface area contributed by atoms with Gasteiger partial charge in [-0.2, -0.15) is 5.10 Å². The molecule has 24 heavy (non-hydrogen) atoms. The molecule has 0 fully saturated rings. The molecule has 1 aliphatic heterocycles. The molecule has 2 aliphatic rings. The largest absolute Gasteiger partial charge is 0.292 e. The molecule has 124 valence electrons. The van der Waals surface area contributed by atoms with E-state index in [1.807, 2.05) is 6.92 Å². The maximum Gasteiger partial charge on any atom is 0.278 e. The van der Waals surface area contributed by atoms with Gasteiger partial charge in [0.25, 0.3) is 5.91 Å². The van der Waals surface area contributed by atoms with Crippen LogP contribution in [-0.2, 0) is 19.4 Å². The minimum absolute atomic E-state index is 0.0358. The molecule has 7 heteroatoms. The predicted octanol–water partition coefficient (Wildman–Crippen LogP) is 2.09. The number of amides is 1. The van der Waals surface area contributed by atoms with Gasteiger partial charge in [0.2, 0.25) is 5.95 Å². The van der Waals surface area contributed by atoms with E-state index in [1.165, 1.54) is 5.56 Å². The van der Waals surface area contributed by atoms with Gasteiger partial charge >= 0.3 is 0 Å². The summed E-state index contributed by atoms with van der Waals surface area (Å²) in [5, 5.41) is 6.96. The fourth-order valence-electron chi connectivity index (χ4n) is 3.44. The number of hydrogen-bond acceptors (Lipinski definition) is 5. The normalized spacial score (nSPS) is 16.5. The number of aromatic nitrogens is 4. The fraction of sp³-hybridized carbons (Fsp3) is 0.471. The van der Waals surface area contributed by atoms with Crippen LogP contribution in [0.4, 0.5) is 5.95 Å². The number of rotatable bonds is 2. The number of carbonyl (C=O) groups is 2. The summed E-state index contributed by atoms with van der Waals surface area (Å²) < 4.78 is 1.61. The molecule has 4 rings (SSSR count). The van der Waals surface area contributed by atoms with E-state index in [0.29, 0.717) is 24.6 Å². The number of anilines is 1. The molecule has 2 aromatic rings. The molecular weight excluding hydrogens is 306 g/mol. The second-order valence-electron chi connectivity index (χ2n) is 6.38. The fourth-order valence-corrected chi connectivity index (χ4v) is 3.44. The lowest BCUT2D eigenvalue weighted by molar-refractivity contribution is 0.0950. The summed E-state index contributed by atoms with van der Waals surface area (Å²) >= 11 is 0. The van der Waals surface area contributed by atoms with Crippen LogP contribution >= 0.6 is 0 Å². The Morgan fingerprint density at radius 1 is 1.17 bits per heavy atom. The highest BCUT2D eigenvalue weighted by molar-refractivity contribution is 6.04. The van der Waals surface area contributed by atoms with E-state index in [1.54, 1.807) is 10.7 Å².